The number of aromatic nitrogens is 1. The Labute approximate surface area is 145 Å². The van der Waals surface area contributed by atoms with Crippen molar-refractivity contribution in [1.29, 1.82) is 0 Å². The maximum atomic E-state index is 5.60. The normalized spacial score (nSPS) is 10.3. The Kier molecular flexibility index (Phi) is 6.23. The van der Waals surface area contributed by atoms with Crippen LogP contribution >= 0.6 is 11.3 Å². The molecule has 0 unspecified atom stereocenters. The van der Waals surface area contributed by atoms with Crippen LogP contribution < -0.4 is 20.6 Å². The molecule has 1 aromatic heterocycles. The Morgan fingerprint density at radius 2 is 2.38 bits per heavy atom. The number of hydrogen-bond acceptors (Lipinski definition) is 7. The highest BCUT2D eigenvalue weighted by molar-refractivity contribution is 7.14. The van der Waals surface area contributed by atoms with Crippen LogP contribution in [-0.2, 0) is 6.42 Å². The van der Waals surface area contributed by atoms with Crippen LogP contribution in [-0.4, -0.2) is 24.9 Å². The fraction of sp³-hybridized carbons (Fsp3) is 0.176. The molecule has 0 saturated heterocycles. The summed E-state index contributed by atoms with van der Waals surface area (Å²) in [7, 11) is 1.58. The van der Waals surface area contributed by atoms with Crippen LogP contribution in [0.5, 0.6) is 11.5 Å². The van der Waals surface area contributed by atoms with Gasteiger partial charge in [0.15, 0.2) is 11.5 Å². The van der Waals surface area contributed by atoms with E-state index in [9.17, 15) is 0 Å². The topological polar surface area (TPSA) is 81.8 Å². The summed E-state index contributed by atoms with van der Waals surface area (Å²) < 4.78 is 11.0. The molecule has 0 atom stereocenters. The molecular formula is C17H18N4O2S. The molecule has 0 spiro atoms. The summed E-state index contributed by atoms with van der Waals surface area (Å²) in [5, 5.41) is 6.51. The Morgan fingerprint density at radius 1 is 1.54 bits per heavy atom. The highest BCUT2D eigenvalue weighted by Crippen LogP contribution is 2.33. The van der Waals surface area contributed by atoms with Gasteiger partial charge in [-0.15, -0.1) is 24.3 Å². The summed E-state index contributed by atoms with van der Waals surface area (Å²) >= 11 is 1.38. The van der Waals surface area contributed by atoms with E-state index in [0.29, 0.717) is 28.9 Å². The summed E-state index contributed by atoms with van der Waals surface area (Å²) in [6.07, 6.45) is 9.34. The van der Waals surface area contributed by atoms with Gasteiger partial charge in [-0.05, 0) is 24.1 Å². The second-order valence-electron chi connectivity index (χ2n) is 4.64. The highest BCUT2D eigenvalue weighted by Gasteiger charge is 2.12. The number of nitrogens with zero attached hydrogens (tertiary/aromatic N) is 2. The lowest BCUT2D eigenvalue weighted by Crippen LogP contribution is -2.02. The summed E-state index contributed by atoms with van der Waals surface area (Å²) in [4.78, 5) is 4.07. The first kappa shape index (κ1) is 17.4. The van der Waals surface area contributed by atoms with E-state index in [2.05, 4.69) is 28.0 Å². The number of methoxy groups -OCH3 is 1. The lowest BCUT2D eigenvalue weighted by molar-refractivity contribution is 0.328. The summed E-state index contributed by atoms with van der Waals surface area (Å²) in [5.41, 5.74) is 10.2. The van der Waals surface area contributed by atoms with Gasteiger partial charge >= 0.3 is 0 Å². The van der Waals surface area contributed by atoms with Gasteiger partial charge in [0, 0.05) is 10.9 Å². The van der Waals surface area contributed by atoms with Crippen molar-refractivity contribution in [2.75, 3.05) is 24.9 Å². The van der Waals surface area contributed by atoms with E-state index in [0.717, 1.165) is 11.1 Å². The number of ether oxygens (including phenoxy) is 2. The molecule has 124 valence electrons. The third-order valence-electron chi connectivity index (χ3n) is 2.93. The number of anilines is 2. The summed E-state index contributed by atoms with van der Waals surface area (Å²) in [5.74, 6) is 4.12. The van der Waals surface area contributed by atoms with E-state index in [1.165, 1.54) is 11.3 Å². The van der Waals surface area contributed by atoms with Gasteiger partial charge in [0.1, 0.15) is 12.4 Å². The number of allylic oxidation sites excluding steroid dienone is 1. The number of rotatable bonds is 8. The van der Waals surface area contributed by atoms with Crippen LogP contribution in [0.2, 0.25) is 0 Å². The lowest BCUT2D eigenvalue weighted by Gasteiger charge is -2.14. The van der Waals surface area contributed by atoms with Crippen LogP contribution in [0.3, 0.4) is 0 Å². The second-order valence-corrected chi connectivity index (χ2v) is 5.50. The Balaban J connectivity index is 2.24. The zero-order valence-corrected chi connectivity index (χ0v) is 14.1. The Bertz CT molecular complexity index is 777. The molecular weight excluding hydrogens is 324 g/mol. The molecule has 6 nitrogen and oxygen atoms in total. The molecule has 0 bridgehead atoms. The Morgan fingerprint density at radius 3 is 3.00 bits per heavy atom. The van der Waals surface area contributed by atoms with Crippen molar-refractivity contribution in [1.82, 2.24) is 4.98 Å². The number of hydrogen-bond donors (Lipinski definition) is 2. The zero-order valence-electron chi connectivity index (χ0n) is 13.3. The van der Waals surface area contributed by atoms with Gasteiger partial charge in [-0.1, -0.05) is 12.0 Å². The number of thiazole rings is 1. The molecule has 1 heterocycles. The molecule has 2 rings (SSSR count). The molecule has 0 saturated carbocycles. The average molecular weight is 342 g/mol. The van der Waals surface area contributed by atoms with E-state index in [1.807, 2.05) is 12.1 Å². The highest BCUT2D eigenvalue weighted by atomic mass is 32.1. The van der Waals surface area contributed by atoms with E-state index in [-0.39, 0.29) is 6.61 Å². The summed E-state index contributed by atoms with van der Waals surface area (Å²) in [6.45, 7) is 3.93. The van der Waals surface area contributed by atoms with Crippen molar-refractivity contribution in [2.45, 2.75) is 6.42 Å². The van der Waals surface area contributed by atoms with Crippen molar-refractivity contribution < 1.29 is 9.47 Å². The standard InChI is InChI=1S/C17H18N4O2S/c1-4-6-13-8-12(9-14(22-3)16(13)23-7-5-2)10-19-21-17-20-15(18)11-24-17/h2,4,8-11H,1,6-7,18H2,3H3,(H,20,21). The minimum absolute atomic E-state index is 0.168. The minimum Gasteiger partial charge on any atom is -0.493 e. The van der Waals surface area contributed by atoms with Crippen LogP contribution in [0.25, 0.3) is 0 Å². The number of hydrazone groups is 1. The lowest BCUT2D eigenvalue weighted by atomic mass is 10.1. The maximum absolute atomic E-state index is 5.60. The van der Waals surface area contributed by atoms with Crippen LogP contribution in [0.15, 0.2) is 35.3 Å². The van der Waals surface area contributed by atoms with Gasteiger partial charge in [-0.25, -0.2) is 4.98 Å². The quantitative estimate of drug-likeness (QED) is 0.334. The molecule has 1 aromatic carbocycles. The van der Waals surface area contributed by atoms with Gasteiger partial charge in [0.2, 0.25) is 5.13 Å². The molecule has 0 aliphatic heterocycles. The average Bonchev–Trinajstić information content (AvgIpc) is 2.99. The van der Waals surface area contributed by atoms with Gasteiger partial charge in [0.05, 0.1) is 13.3 Å². The number of terminal acetylenes is 1. The second kappa shape index (κ2) is 8.60. The van der Waals surface area contributed by atoms with E-state index in [1.54, 1.807) is 24.8 Å². The number of nitrogens with two attached hydrogens (primary N) is 1. The molecule has 7 heteroatoms. The molecule has 0 radical (unpaired) electrons. The smallest absolute Gasteiger partial charge is 0.205 e. The van der Waals surface area contributed by atoms with Crippen LogP contribution in [0.1, 0.15) is 11.1 Å². The Hall–Kier alpha value is -2.98. The van der Waals surface area contributed by atoms with Crippen molar-refractivity contribution in [3.63, 3.8) is 0 Å². The first-order valence-corrected chi connectivity index (χ1v) is 7.94. The monoisotopic (exact) mass is 342 g/mol. The summed E-state index contributed by atoms with van der Waals surface area (Å²) in [6, 6.07) is 3.76. The van der Waals surface area contributed by atoms with Crippen molar-refractivity contribution >= 4 is 28.5 Å². The number of benzene rings is 1. The molecule has 0 amide bonds. The third kappa shape index (κ3) is 4.51. The zero-order chi connectivity index (χ0) is 17.4. The number of nitrogen functional groups attached to an aromatic ring is 1. The molecule has 0 aliphatic carbocycles. The van der Waals surface area contributed by atoms with Crippen molar-refractivity contribution in [3.05, 3.63) is 41.3 Å². The molecule has 24 heavy (non-hydrogen) atoms. The van der Waals surface area contributed by atoms with Crippen LogP contribution in [0.4, 0.5) is 10.9 Å². The van der Waals surface area contributed by atoms with Gasteiger partial charge in [0.25, 0.3) is 0 Å². The molecule has 3 N–H and O–H groups in total. The number of nitrogens with one attached hydrogen (secondary N) is 1. The van der Waals surface area contributed by atoms with Gasteiger partial charge in [-0.3, -0.25) is 5.43 Å². The first-order chi connectivity index (χ1) is 11.7. The first-order valence-electron chi connectivity index (χ1n) is 7.06. The SMILES string of the molecule is C#CCOc1c(CC=C)cc(C=NNc2nc(N)cs2)cc1OC. The largest absolute Gasteiger partial charge is 0.493 e. The fourth-order valence-electron chi connectivity index (χ4n) is 1.99. The third-order valence-corrected chi connectivity index (χ3v) is 3.70. The van der Waals surface area contributed by atoms with E-state index >= 15 is 0 Å². The predicted octanol–water partition coefficient (Wildman–Crippen LogP) is 2.92. The fourth-order valence-corrected chi connectivity index (χ4v) is 2.54. The van der Waals surface area contributed by atoms with E-state index in [4.69, 9.17) is 21.6 Å². The molecule has 2 aromatic rings. The van der Waals surface area contributed by atoms with Crippen molar-refractivity contribution in [2.24, 2.45) is 5.10 Å². The van der Waals surface area contributed by atoms with Gasteiger partial charge < -0.3 is 15.2 Å². The van der Waals surface area contributed by atoms with Gasteiger partial charge in [-0.2, -0.15) is 5.10 Å². The minimum atomic E-state index is 0.168. The predicted molar refractivity (Wildman–Crippen MR) is 99.0 cm³/mol. The molecule has 0 aliphatic rings. The maximum Gasteiger partial charge on any atom is 0.205 e. The van der Waals surface area contributed by atoms with E-state index < -0.39 is 0 Å². The molecule has 0 fully saturated rings. The van der Waals surface area contributed by atoms with Crippen molar-refractivity contribution in [3.8, 4) is 23.8 Å². The van der Waals surface area contributed by atoms with Crippen LogP contribution in [0, 0.1) is 12.3 Å².